The first-order valence-electron chi connectivity index (χ1n) is 6.72. The SMILES string of the molecule is C=CC(=O)N1C[C@@H]2[C@](C(=O)OC)(C1)c1ccccc1S2(=O)=O. The molecule has 1 aromatic carbocycles. The predicted molar refractivity (Wildman–Crippen MR) is 77.9 cm³/mol. The number of ether oxygens (including phenoxy) is 1. The summed E-state index contributed by atoms with van der Waals surface area (Å²) in [6.45, 7) is 3.34. The van der Waals surface area contributed by atoms with E-state index in [1.54, 1.807) is 18.2 Å². The van der Waals surface area contributed by atoms with Crippen LogP contribution in [-0.4, -0.2) is 50.6 Å². The average molecular weight is 321 g/mol. The number of sulfone groups is 1. The van der Waals surface area contributed by atoms with E-state index in [1.165, 1.54) is 18.1 Å². The molecule has 1 saturated heterocycles. The number of carbonyl (C=O) groups excluding carboxylic acids is 2. The number of fused-ring (bicyclic) bond motifs is 3. The number of hydrogen-bond donors (Lipinski definition) is 0. The third kappa shape index (κ3) is 1.62. The number of nitrogens with zero attached hydrogens (tertiary/aromatic N) is 1. The summed E-state index contributed by atoms with van der Waals surface area (Å²) >= 11 is 0. The number of amides is 1. The highest BCUT2D eigenvalue weighted by Crippen LogP contribution is 2.50. The summed E-state index contributed by atoms with van der Waals surface area (Å²) in [5, 5.41) is -1.02. The Labute approximate surface area is 128 Å². The fourth-order valence-corrected chi connectivity index (χ4v) is 5.80. The smallest absolute Gasteiger partial charge is 0.319 e. The van der Waals surface area contributed by atoms with Gasteiger partial charge in [-0.1, -0.05) is 24.8 Å². The van der Waals surface area contributed by atoms with Crippen molar-refractivity contribution in [3.63, 3.8) is 0 Å². The molecule has 0 unspecified atom stereocenters. The largest absolute Gasteiger partial charge is 0.468 e. The highest BCUT2D eigenvalue weighted by Gasteiger charge is 2.66. The van der Waals surface area contributed by atoms with Crippen LogP contribution in [0, 0.1) is 0 Å². The predicted octanol–water partition coefficient (Wildman–Crippen LogP) is 0.281. The topological polar surface area (TPSA) is 80.8 Å². The summed E-state index contributed by atoms with van der Waals surface area (Å²) < 4.78 is 30.4. The van der Waals surface area contributed by atoms with Crippen molar-refractivity contribution in [3.05, 3.63) is 42.5 Å². The van der Waals surface area contributed by atoms with Crippen LogP contribution < -0.4 is 0 Å². The maximum Gasteiger partial charge on any atom is 0.319 e. The Hall–Kier alpha value is -2.15. The van der Waals surface area contributed by atoms with Crippen molar-refractivity contribution < 1.29 is 22.7 Å². The maximum absolute atomic E-state index is 12.8. The fourth-order valence-electron chi connectivity index (χ4n) is 3.47. The van der Waals surface area contributed by atoms with Crippen molar-refractivity contribution in [2.24, 2.45) is 0 Å². The summed E-state index contributed by atoms with van der Waals surface area (Å²) in [5.74, 6) is -1.03. The standard InChI is InChI=1S/C15H15NO5S/c1-3-13(17)16-8-12-15(9-16,14(18)21-2)10-6-4-5-7-11(10)22(12,19)20/h3-7,12H,1,8-9H2,2H3/t12-,15+/m1/s1. The summed E-state index contributed by atoms with van der Waals surface area (Å²) in [6, 6.07) is 6.41. The lowest BCUT2D eigenvalue weighted by molar-refractivity contribution is -0.147. The van der Waals surface area contributed by atoms with Crippen molar-refractivity contribution in [1.82, 2.24) is 4.90 Å². The first kappa shape index (κ1) is 14.8. The average Bonchev–Trinajstić information content (AvgIpc) is 3.02. The Morgan fingerprint density at radius 2 is 2.09 bits per heavy atom. The third-order valence-electron chi connectivity index (χ3n) is 4.46. The normalized spacial score (nSPS) is 27.9. The van der Waals surface area contributed by atoms with Gasteiger partial charge in [0.2, 0.25) is 5.91 Å². The molecule has 7 heteroatoms. The Morgan fingerprint density at radius 3 is 2.73 bits per heavy atom. The van der Waals surface area contributed by atoms with Crippen molar-refractivity contribution in [1.29, 1.82) is 0 Å². The zero-order valence-corrected chi connectivity index (χ0v) is 12.8. The van der Waals surface area contributed by atoms with Gasteiger partial charge in [0.15, 0.2) is 9.84 Å². The molecular weight excluding hydrogens is 306 g/mol. The van der Waals surface area contributed by atoms with Gasteiger partial charge in [-0.2, -0.15) is 0 Å². The molecule has 6 nitrogen and oxygen atoms in total. The van der Waals surface area contributed by atoms with Gasteiger partial charge in [-0.25, -0.2) is 8.42 Å². The van der Waals surface area contributed by atoms with Gasteiger partial charge in [0.05, 0.1) is 12.0 Å². The number of esters is 1. The molecule has 2 aliphatic heterocycles. The molecule has 3 rings (SSSR count). The minimum Gasteiger partial charge on any atom is -0.468 e. The first-order valence-corrected chi connectivity index (χ1v) is 8.27. The molecule has 0 aliphatic carbocycles. The zero-order chi connectivity index (χ0) is 16.1. The Balaban J connectivity index is 2.25. The number of likely N-dealkylation sites (tertiary alicyclic amines) is 1. The molecule has 2 heterocycles. The summed E-state index contributed by atoms with van der Waals surface area (Å²) in [4.78, 5) is 25.8. The first-order chi connectivity index (χ1) is 10.4. The lowest BCUT2D eigenvalue weighted by Gasteiger charge is -2.25. The van der Waals surface area contributed by atoms with Crippen molar-refractivity contribution in [2.75, 3.05) is 20.2 Å². The molecule has 0 N–H and O–H groups in total. The number of rotatable bonds is 2. The minimum absolute atomic E-state index is 0.0224. The lowest BCUT2D eigenvalue weighted by Crippen LogP contribution is -2.46. The van der Waals surface area contributed by atoms with Gasteiger partial charge in [0, 0.05) is 13.1 Å². The van der Waals surface area contributed by atoms with Crippen molar-refractivity contribution >= 4 is 21.7 Å². The monoisotopic (exact) mass is 321 g/mol. The summed E-state index contributed by atoms with van der Waals surface area (Å²) in [5.41, 5.74) is -0.950. The van der Waals surface area contributed by atoms with Crippen LogP contribution in [-0.2, 0) is 29.6 Å². The summed E-state index contributed by atoms with van der Waals surface area (Å²) in [6.07, 6.45) is 1.12. The molecular formula is C15H15NO5S. The van der Waals surface area contributed by atoms with Gasteiger partial charge in [0.25, 0.3) is 0 Å². The van der Waals surface area contributed by atoms with Crippen LogP contribution in [0.25, 0.3) is 0 Å². The quantitative estimate of drug-likeness (QED) is 0.577. The molecule has 0 radical (unpaired) electrons. The molecule has 116 valence electrons. The van der Waals surface area contributed by atoms with Gasteiger partial charge in [-0.3, -0.25) is 9.59 Å². The van der Waals surface area contributed by atoms with Gasteiger partial charge in [-0.15, -0.1) is 0 Å². The third-order valence-corrected chi connectivity index (χ3v) is 6.73. The minimum atomic E-state index is -3.70. The molecule has 1 aromatic rings. The van der Waals surface area contributed by atoms with Crippen LogP contribution in [0.4, 0.5) is 0 Å². The highest BCUT2D eigenvalue weighted by molar-refractivity contribution is 7.92. The number of methoxy groups -OCH3 is 1. The van der Waals surface area contributed by atoms with E-state index in [0.29, 0.717) is 5.56 Å². The zero-order valence-electron chi connectivity index (χ0n) is 12.0. The molecule has 2 aliphatic rings. The van der Waals surface area contributed by atoms with Gasteiger partial charge < -0.3 is 9.64 Å². The van der Waals surface area contributed by atoms with E-state index >= 15 is 0 Å². The maximum atomic E-state index is 12.8. The van der Waals surface area contributed by atoms with Crippen LogP contribution in [0.1, 0.15) is 5.56 Å². The second kappa shape index (κ2) is 4.67. The molecule has 1 fully saturated rings. The lowest BCUT2D eigenvalue weighted by atomic mass is 9.79. The fraction of sp³-hybridized carbons (Fsp3) is 0.333. The van der Waals surface area contributed by atoms with E-state index in [9.17, 15) is 18.0 Å². The van der Waals surface area contributed by atoms with Gasteiger partial charge in [0.1, 0.15) is 10.7 Å². The van der Waals surface area contributed by atoms with E-state index in [4.69, 9.17) is 4.74 Å². The Bertz CT molecular complexity index is 785. The molecule has 0 spiro atoms. The van der Waals surface area contributed by atoms with Crippen LogP contribution >= 0.6 is 0 Å². The molecule has 22 heavy (non-hydrogen) atoms. The van der Waals surface area contributed by atoms with E-state index < -0.39 is 32.4 Å². The highest BCUT2D eigenvalue weighted by atomic mass is 32.2. The molecule has 1 amide bonds. The number of carbonyl (C=O) groups is 2. The number of benzene rings is 1. The summed E-state index contributed by atoms with van der Waals surface area (Å²) in [7, 11) is -2.48. The second-order valence-electron chi connectivity index (χ2n) is 5.42. The number of hydrogen-bond acceptors (Lipinski definition) is 5. The van der Waals surface area contributed by atoms with Crippen molar-refractivity contribution in [3.8, 4) is 0 Å². The van der Waals surface area contributed by atoms with Crippen LogP contribution in [0.3, 0.4) is 0 Å². The second-order valence-corrected chi connectivity index (χ2v) is 7.51. The van der Waals surface area contributed by atoms with Crippen LogP contribution in [0.15, 0.2) is 41.8 Å². The molecule has 0 aromatic heterocycles. The van der Waals surface area contributed by atoms with E-state index in [1.807, 2.05) is 0 Å². The van der Waals surface area contributed by atoms with Crippen molar-refractivity contribution in [2.45, 2.75) is 15.6 Å². The Morgan fingerprint density at radius 1 is 1.41 bits per heavy atom. The van der Waals surface area contributed by atoms with E-state index in [-0.39, 0.29) is 18.0 Å². The van der Waals surface area contributed by atoms with Gasteiger partial charge in [-0.05, 0) is 17.7 Å². The molecule has 0 bridgehead atoms. The molecule has 0 saturated carbocycles. The van der Waals surface area contributed by atoms with E-state index in [2.05, 4.69) is 6.58 Å². The Kier molecular flexibility index (Phi) is 3.14. The van der Waals surface area contributed by atoms with E-state index in [0.717, 1.165) is 6.08 Å². The van der Waals surface area contributed by atoms with Gasteiger partial charge >= 0.3 is 5.97 Å². The van der Waals surface area contributed by atoms with Crippen LogP contribution in [0.2, 0.25) is 0 Å². The van der Waals surface area contributed by atoms with Crippen LogP contribution in [0.5, 0.6) is 0 Å². The molecule has 2 atom stereocenters.